The molecule has 1 aromatic heterocycles. The maximum Gasteiger partial charge on any atom is 0.406 e. The Labute approximate surface area is 123 Å². The smallest absolute Gasteiger partial charge is 0.406 e. The van der Waals surface area contributed by atoms with E-state index >= 15 is 0 Å². The molecule has 110 valence electrons. The van der Waals surface area contributed by atoms with Gasteiger partial charge in [0.15, 0.2) is 0 Å². The molecule has 1 aromatic carbocycles. The van der Waals surface area contributed by atoms with Crippen molar-refractivity contribution in [2.75, 3.05) is 6.61 Å². The van der Waals surface area contributed by atoms with Gasteiger partial charge < -0.3 is 14.9 Å². The Bertz CT molecular complexity index is 682. The minimum absolute atomic E-state index is 0.0333. The highest BCUT2D eigenvalue weighted by Crippen LogP contribution is 2.25. The van der Waals surface area contributed by atoms with Gasteiger partial charge in [0.1, 0.15) is 17.8 Å². The van der Waals surface area contributed by atoms with Crippen LogP contribution in [-0.4, -0.2) is 16.5 Å². The fraction of sp³-hybridized carbons (Fsp3) is 0.154. The maximum absolute atomic E-state index is 13.5. The summed E-state index contributed by atoms with van der Waals surface area (Å²) in [6, 6.07) is 4.73. The van der Waals surface area contributed by atoms with Crippen LogP contribution in [0.15, 0.2) is 30.5 Å². The zero-order chi connectivity index (χ0) is 15.4. The number of ether oxygens (including phenoxy) is 1. The number of nitrogens with zero attached hydrogens (tertiary/aromatic N) is 2. The Kier molecular flexibility index (Phi) is 4.64. The zero-order valence-electron chi connectivity index (χ0n) is 10.6. The highest BCUT2D eigenvalue weighted by molar-refractivity contribution is 6.31. The van der Waals surface area contributed by atoms with Crippen LogP contribution >= 0.6 is 11.6 Å². The van der Waals surface area contributed by atoms with E-state index in [1.54, 1.807) is 0 Å². The van der Waals surface area contributed by atoms with E-state index < -0.39 is 22.4 Å². The molecule has 0 N–H and O–H groups in total. The van der Waals surface area contributed by atoms with Crippen LogP contribution in [0.3, 0.4) is 0 Å². The molecule has 2 aromatic rings. The van der Waals surface area contributed by atoms with Gasteiger partial charge in [0.25, 0.3) is 0 Å². The lowest BCUT2D eigenvalue weighted by molar-refractivity contribution is -0.390. The Morgan fingerprint density at radius 1 is 1.29 bits per heavy atom. The molecule has 0 fully saturated rings. The summed E-state index contributed by atoms with van der Waals surface area (Å²) in [6.45, 7) is -0.105. The van der Waals surface area contributed by atoms with Gasteiger partial charge in [-0.25, -0.2) is 8.78 Å². The molecular formula is C13H9ClF2N2O3. The van der Waals surface area contributed by atoms with Gasteiger partial charge in [0.2, 0.25) is 5.75 Å². The van der Waals surface area contributed by atoms with Gasteiger partial charge in [0.05, 0.1) is 11.6 Å². The molecule has 0 saturated carbocycles. The summed E-state index contributed by atoms with van der Waals surface area (Å²) in [5.41, 5.74) is -0.0387. The number of pyridine rings is 1. The van der Waals surface area contributed by atoms with Crippen molar-refractivity contribution in [3.05, 3.63) is 62.8 Å². The second-order valence-electron chi connectivity index (χ2n) is 4.00. The van der Waals surface area contributed by atoms with Gasteiger partial charge in [0, 0.05) is 12.0 Å². The van der Waals surface area contributed by atoms with Gasteiger partial charge in [-0.05, 0) is 34.2 Å². The second-order valence-corrected chi connectivity index (χ2v) is 4.38. The van der Waals surface area contributed by atoms with Crippen molar-refractivity contribution in [2.24, 2.45) is 0 Å². The third kappa shape index (κ3) is 3.43. The summed E-state index contributed by atoms with van der Waals surface area (Å²) in [5, 5.41) is 10.4. The molecule has 0 amide bonds. The van der Waals surface area contributed by atoms with Gasteiger partial charge >= 0.3 is 5.82 Å². The third-order valence-corrected chi connectivity index (χ3v) is 3.08. The largest absolute Gasteiger partial charge is 0.485 e. The van der Waals surface area contributed by atoms with Gasteiger partial charge in [-0.2, -0.15) is 0 Å². The third-order valence-electron chi connectivity index (χ3n) is 2.67. The summed E-state index contributed by atoms with van der Waals surface area (Å²) >= 11 is 5.67. The van der Waals surface area contributed by atoms with E-state index in [2.05, 4.69) is 4.98 Å². The van der Waals surface area contributed by atoms with Crippen LogP contribution in [0.5, 0.6) is 5.75 Å². The molecule has 0 atom stereocenters. The molecule has 0 unspecified atom stereocenters. The minimum atomic E-state index is -0.736. The first-order chi connectivity index (χ1) is 10.0. The van der Waals surface area contributed by atoms with E-state index in [4.69, 9.17) is 16.3 Å². The van der Waals surface area contributed by atoms with Gasteiger partial charge in [-0.15, -0.1) is 0 Å². The summed E-state index contributed by atoms with van der Waals surface area (Å²) in [5.74, 6) is -1.88. The summed E-state index contributed by atoms with van der Waals surface area (Å²) in [4.78, 5) is 13.6. The van der Waals surface area contributed by atoms with Gasteiger partial charge in [-0.1, -0.05) is 11.6 Å². The molecular weight excluding hydrogens is 306 g/mol. The number of benzene rings is 1. The van der Waals surface area contributed by atoms with E-state index in [0.717, 1.165) is 12.1 Å². The first-order valence-electron chi connectivity index (χ1n) is 5.85. The number of nitro groups is 1. The fourth-order valence-electron chi connectivity index (χ4n) is 1.69. The van der Waals surface area contributed by atoms with Crippen LogP contribution in [-0.2, 0) is 6.42 Å². The number of aromatic nitrogens is 1. The van der Waals surface area contributed by atoms with E-state index in [1.807, 2.05) is 0 Å². The molecule has 0 aliphatic rings. The SMILES string of the molecule is O=[N+]([O-])c1ncccc1OCCc1c(F)ccc(F)c1Cl. The van der Waals surface area contributed by atoms with E-state index in [9.17, 15) is 18.9 Å². The molecule has 0 bridgehead atoms. The standard InChI is InChI=1S/C13H9ClF2N2O3/c14-12-8(9(15)3-4-10(12)16)5-7-21-11-2-1-6-17-13(11)18(19)20/h1-4,6H,5,7H2. The fourth-order valence-corrected chi connectivity index (χ4v) is 1.94. The van der Waals surface area contributed by atoms with Crippen LogP contribution in [0.2, 0.25) is 5.02 Å². The average Bonchev–Trinajstić information content (AvgIpc) is 2.47. The van der Waals surface area contributed by atoms with Crippen LogP contribution in [0.1, 0.15) is 5.56 Å². The average molecular weight is 315 g/mol. The van der Waals surface area contributed by atoms with Crippen molar-refractivity contribution in [3.63, 3.8) is 0 Å². The van der Waals surface area contributed by atoms with E-state index in [1.165, 1.54) is 18.3 Å². The summed E-state index contributed by atoms with van der Waals surface area (Å²) in [6.07, 6.45) is 1.22. The molecule has 5 nitrogen and oxygen atoms in total. The molecule has 21 heavy (non-hydrogen) atoms. The predicted octanol–water partition coefficient (Wildman–Crippen LogP) is 3.54. The predicted molar refractivity (Wildman–Crippen MR) is 71.5 cm³/mol. The number of hydrogen-bond donors (Lipinski definition) is 0. The first kappa shape index (κ1) is 15.1. The van der Waals surface area contributed by atoms with Crippen LogP contribution in [0.4, 0.5) is 14.6 Å². The highest BCUT2D eigenvalue weighted by atomic mass is 35.5. The number of hydrogen-bond acceptors (Lipinski definition) is 4. The van der Waals surface area contributed by atoms with Crippen molar-refractivity contribution in [2.45, 2.75) is 6.42 Å². The highest BCUT2D eigenvalue weighted by Gasteiger charge is 2.16. The van der Waals surface area contributed by atoms with E-state index in [0.29, 0.717) is 0 Å². The maximum atomic E-state index is 13.5. The zero-order valence-corrected chi connectivity index (χ0v) is 11.3. The molecule has 0 aliphatic heterocycles. The molecule has 1 heterocycles. The summed E-state index contributed by atoms with van der Waals surface area (Å²) in [7, 11) is 0. The second kappa shape index (κ2) is 6.45. The molecule has 0 radical (unpaired) electrons. The quantitative estimate of drug-likeness (QED) is 0.481. The lowest BCUT2D eigenvalue weighted by Crippen LogP contribution is -2.06. The monoisotopic (exact) mass is 314 g/mol. The van der Waals surface area contributed by atoms with E-state index in [-0.39, 0.29) is 29.4 Å². The molecule has 2 rings (SSSR count). The normalized spacial score (nSPS) is 10.4. The van der Waals surface area contributed by atoms with Crippen LogP contribution in [0, 0.1) is 21.7 Å². The van der Waals surface area contributed by atoms with Crippen molar-refractivity contribution in [3.8, 4) is 5.75 Å². The van der Waals surface area contributed by atoms with Gasteiger partial charge in [-0.3, -0.25) is 0 Å². The lowest BCUT2D eigenvalue weighted by atomic mass is 10.1. The molecule has 0 saturated heterocycles. The molecule has 0 aliphatic carbocycles. The van der Waals surface area contributed by atoms with Crippen molar-refractivity contribution in [1.29, 1.82) is 0 Å². The van der Waals surface area contributed by atoms with Crippen molar-refractivity contribution >= 4 is 17.4 Å². The molecule has 8 heteroatoms. The Hall–Kier alpha value is -2.28. The first-order valence-corrected chi connectivity index (χ1v) is 6.23. The Balaban J connectivity index is 2.09. The topological polar surface area (TPSA) is 65.3 Å². The Morgan fingerprint density at radius 2 is 2.00 bits per heavy atom. The minimum Gasteiger partial charge on any atom is -0.485 e. The molecule has 0 spiro atoms. The summed E-state index contributed by atoms with van der Waals surface area (Å²) < 4.78 is 32.0. The van der Waals surface area contributed by atoms with Crippen molar-refractivity contribution in [1.82, 2.24) is 4.98 Å². The Morgan fingerprint density at radius 3 is 2.71 bits per heavy atom. The number of rotatable bonds is 5. The van der Waals surface area contributed by atoms with Crippen LogP contribution in [0.25, 0.3) is 0 Å². The lowest BCUT2D eigenvalue weighted by Gasteiger charge is -2.08. The van der Waals surface area contributed by atoms with Crippen molar-refractivity contribution < 1.29 is 18.4 Å². The number of halogens is 3. The van der Waals surface area contributed by atoms with Crippen LogP contribution < -0.4 is 4.74 Å².